The summed E-state index contributed by atoms with van der Waals surface area (Å²) >= 11 is 1.34. The number of amidine groups is 1. The van der Waals surface area contributed by atoms with Crippen LogP contribution in [0.25, 0.3) is 0 Å². The third-order valence-electron chi connectivity index (χ3n) is 3.38. The standard InChI is InChI=1S/C16H21N3O3S/c1-4-17-16-19(5-2)14(20)10-13(23-16)15(21)18-11-7-6-8-12(9-11)22-3/h6-9,13H,4-5,10H2,1-3H3,(H,18,21)/t13-/m1/s1. The molecule has 0 bridgehead atoms. The van der Waals surface area contributed by atoms with Crippen LogP contribution in [0.15, 0.2) is 29.3 Å². The van der Waals surface area contributed by atoms with Gasteiger partial charge in [-0.05, 0) is 26.0 Å². The molecule has 0 saturated carbocycles. The Bertz CT molecular complexity index is 618. The molecule has 0 radical (unpaired) electrons. The van der Waals surface area contributed by atoms with Gasteiger partial charge in [0.25, 0.3) is 0 Å². The van der Waals surface area contributed by atoms with Gasteiger partial charge in [-0.3, -0.25) is 19.5 Å². The highest BCUT2D eigenvalue weighted by Gasteiger charge is 2.34. The average Bonchev–Trinajstić information content (AvgIpc) is 2.55. The SMILES string of the molecule is CCN=C1S[C@@H](C(=O)Nc2cccc(OC)c2)CC(=O)N1CC. The molecule has 23 heavy (non-hydrogen) atoms. The molecule has 7 heteroatoms. The first-order chi connectivity index (χ1) is 11.1. The minimum Gasteiger partial charge on any atom is -0.497 e. The van der Waals surface area contributed by atoms with Crippen molar-refractivity contribution in [2.24, 2.45) is 4.99 Å². The number of hydrogen-bond acceptors (Lipinski definition) is 5. The number of amides is 2. The van der Waals surface area contributed by atoms with E-state index in [-0.39, 0.29) is 18.2 Å². The fourth-order valence-electron chi connectivity index (χ4n) is 2.25. The van der Waals surface area contributed by atoms with Crippen LogP contribution in [0.1, 0.15) is 20.3 Å². The van der Waals surface area contributed by atoms with Crippen LogP contribution < -0.4 is 10.1 Å². The summed E-state index contributed by atoms with van der Waals surface area (Å²) in [7, 11) is 1.57. The molecule has 0 aliphatic carbocycles. The van der Waals surface area contributed by atoms with E-state index < -0.39 is 5.25 Å². The fourth-order valence-corrected chi connectivity index (χ4v) is 3.46. The third-order valence-corrected chi connectivity index (χ3v) is 4.60. The van der Waals surface area contributed by atoms with Gasteiger partial charge in [0.15, 0.2) is 5.17 Å². The molecule has 0 aromatic heterocycles. The number of hydrogen-bond donors (Lipinski definition) is 1. The van der Waals surface area contributed by atoms with Crippen molar-refractivity contribution in [1.29, 1.82) is 0 Å². The number of anilines is 1. The number of nitrogens with one attached hydrogen (secondary N) is 1. The number of aliphatic imine (C=N–C) groups is 1. The second-order valence-corrected chi connectivity index (χ2v) is 6.10. The Morgan fingerprint density at radius 3 is 2.91 bits per heavy atom. The van der Waals surface area contributed by atoms with Gasteiger partial charge in [-0.15, -0.1) is 0 Å². The Labute approximate surface area is 140 Å². The summed E-state index contributed by atoms with van der Waals surface area (Å²) in [6.07, 6.45) is 0.178. The van der Waals surface area contributed by atoms with Gasteiger partial charge in [-0.2, -0.15) is 0 Å². The lowest BCUT2D eigenvalue weighted by Crippen LogP contribution is -2.45. The number of benzene rings is 1. The van der Waals surface area contributed by atoms with E-state index in [4.69, 9.17) is 4.74 Å². The number of nitrogens with zero attached hydrogens (tertiary/aromatic N) is 2. The molecule has 1 fully saturated rings. The number of methoxy groups -OCH3 is 1. The lowest BCUT2D eigenvalue weighted by molar-refractivity contribution is -0.129. The van der Waals surface area contributed by atoms with Gasteiger partial charge in [-0.1, -0.05) is 17.8 Å². The second-order valence-electron chi connectivity index (χ2n) is 4.93. The molecular weight excluding hydrogens is 314 g/mol. The zero-order chi connectivity index (χ0) is 16.8. The maximum absolute atomic E-state index is 12.5. The lowest BCUT2D eigenvalue weighted by atomic mass is 10.2. The number of carbonyl (C=O) groups is 2. The molecule has 1 aliphatic rings. The van der Waals surface area contributed by atoms with Crippen molar-refractivity contribution in [1.82, 2.24) is 4.90 Å². The van der Waals surface area contributed by atoms with Gasteiger partial charge in [0, 0.05) is 31.3 Å². The molecule has 2 amide bonds. The predicted octanol–water partition coefficient (Wildman–Crippen LogP) is 2.36. The second kappa shape index (κ2) is 8.01. The normalized spacial score (nSPS) is 19.8. The summed E-state index contributed by atoms with van der Waals surface area (Å²) < 4.78 is 5.14. The van der Waals surface area contributed by atoms with Crippen LogP contribution in [0, 0.1) is 0 Å². The summed E-state index contributed by atoms with van der Waals surface area (Å²) in [4.78, 5) is 30.6. The zero-order valence-corrected chi connectivity index (χ0v) is 14.4. The van der Waals surface area contributed by atoms with Gasteiger partial charge in [0.1, 0.15) is 11.0 Å². The minimum atomic E-state index is -0.471. The number of thioether (sulfide) groups is 1. The molecule has 1 aromatic rings. The fraction of sp³-hybridized carbons (Fsp3) is 0.438. The maximum Gasteiger partial charge on any atom is 0.238 e. The van der Waals surface area contributed by atoms with Crippen LogP contribution >= 0.6 is 11.8 Å². The van der Waals surface area contributed by atoms with Crippen molar-refractivity contribution in [3.8, 4) is 5.75 Å². The summed E-state index contributed by atoms with van der Waals surface area (Å²) in [5, 5.41) is 2.99. The zero-order valence-electron chi connectivity index (χ0n) is 13.5. The largest absolute Gasteiger partial charge is 0.497 e. The van der Waals surface area contributed by atoms with E-state index in [1.165, 1.54) is 11.8 Å². The van der Waals surface area contributed by atoms with E-state index in [0.717, 1.165) is 0 Å². The van der Waals surface area contributed by atoms with Crippen molar-refractivity contribution in [2.75, 3.05) is 25.5 Å². The Kier molecular flexibility index (Phi) is 6.04. The molecule has 124 valence electrons. The van der Waals surface area contributed by atoms with Gasteiger partial charge in [-0.25, -0.2) is 0 Å². The molecule has 2 rings (SSSR count). The van der Waals surface area contributed by atoms with Crippen molar-refractivity contribution in [3.05, 3.63) is 24.3 Å². The molecule has 1 aromatic carbocycles. The van der Waals surface area contributed by atoms with Crippen LogP contribution in [-0.2, 0) is 9.59 Å². The molecule has 1 atom stereocenters. The van der Waals surface area contributed by atoms with Crippen molar-refractivity contribution >= 4 is 34.4 Å². The van der Waals surface area contributed by atoms with Crippen LogP contribution in [0.3, 0.4) is 0 Å². The lowest BCUT2D eigenvalue weighted by Gasteiger charge is -2.30. The highest BCUT2D eigenvalue weighted by atomic mass is 32.2. The monoisotopic (exact) mass is 335 g/mol. The van der Waals surface area contributed by atoms with Gasteiger partial charge in [0.2, 0.25) is 11.8 Å². The third kappa shape index (κ3) is 4.25. The summed E-state index contributed by atoms with van der Waals surface area (Å²) in [5.41, 5.74) is 0.648. The number of ether oxygens (including phenoxy) is 1. The molecular formula is C16H21N3O3S. The van der Waals surface area contributed by atoms with Crippen molar-refractivity contribution < 1.29 is 14.3 Å². The van der Waals surface area contributed by atoms with Gasteiger partial charge < -0.3 is 10.1 Å². The van der Waals surface area contributed by atoms with Crippen LogP contribution in [0.5, 0.6) is 5.75 Å². The molecule has 1 N–H and O–H groups in total. The van der Waals surface area contributed by atoms with E-state index in [0.29, 0.717) is 29.7 Å². The first-order valence-corrected chi connectivity index (χ1v) is 8.43. The smallest absolute Gasteiger partial charge is 0.238 e. The number of carbonyl (C=O) groups excluding carboxylic acids is 2. The van der Waals surface area contributed by atoms with Crippen LogP contribution in [0.2, 0.25) is 0 Å². The summed E-state index contributed by atoms with van der Waals surface area (Å²) in [6, 6.07) is 7.14. The van der Waals surface area contributed by atoms with Crippen molar-refractivity contribution in [2.45, 2.75) is 25.5 Å². The predicted molar refractivity (Wildman–Crippen MR) is 93.0 cm³/mol. The highest BCUT2D eigenvalue weighted by molar-refractivity contribution is 8.15. The molecule has 0 unspecified atom stereocenters. The van der Waals surface area contributed by atoms with Gasteiger partial charge in [0.05, 0.1) is 7.11 Å². The van der Waals surface area contributed by atoms with Gasteiger partial charge >= 0.3 is 0 Å². The van der Waals surface area contributed by atoms with E-state index in [2.05, 4.69) is 10.3 Å². The Hall–Kier alpha value is -2.02. The maximum atomic E-state index is 12.5. The van der Waals surface area contributed by atoms with Crippen molar-refractivity contribution in [3.63, 3.8) is 0 Å². The first kappa shape index (κ1) is 17.3. The number of rotatable bonds is 5. The Morgan fingerprint density at radius 2 is 2.26 bits per heavy atom. The summed E-state index contributed by atoms with van der Waals surface area (Å²) in [5.74, 6) is 0.404. The van der Waals surface area contributed by atoms with Crippen LogP contribution in [-0.4, -0.2) is 47.3 Å². The average molecular weight is 335 g/mol. The molecule has 1 heterocycles. The quantitative estimate of drug-likeness (QED) is 0.897. The van der Waals surface area contributed by atoms with E-state index >= 15 is 0 Å². The van der Waals surface area contributed by atoms with E-state index in [1.807, 2.05) is 13.8 Å². The molecule has 1 saturated heterocycles. The topological polar surface area (TPSA) is 71.0 Å². The molecule has 1 aliphatic heterocycles. The Balaban J connectivity index is 2.10. The minimum absolute atomic E-state index is 0.0655. The van der Waals surface area contributed by atoms with Crippen LogP contribution in [0.4, 0.5) is 5.69 Å². The first-order valence-electron chi connectivity index (χ1n) is 7.55. The molecule has 0 spiro atoms. The Morgan fingerprint density at radius 1 is 1.48 bits per heavy atom. The summed E-state index contributed by atoms with van der Waals surface area (Å²) in [6.45, 7) is 4.96. The molecule has 6 nitrogen and oxygen atoms in total. The van der Waals surface area contributed by atoms with E-state index in [1.54, 1.807) is 36.3 Å². The van der Waals surface area contributed by atoms with E-state index in [9.17, 15) is 9.59 Å². The highest BCUT2D eigenvalue weighted by Crippen LogP contribution is 2.28.